The van der Waals surface area contributed by atoms with Crippen molar-refractivity contribution in [2.45, 2.75) is 13.3 Å². The standard InChI is InChI=1S/C14H21NO4/c1-11-4-5-13(16)12(10-11)14(17)15-6-3-7-19-9-8-18-2/h4-5,10,16H,3,6-9H2,1-2H3,(H,15,17). The van der Waals surface area contributed by atoms with Crippen LogP contribution in [0.3, 0.4) is 0 Å². The molecule has 0 bridgehead atoms. The molecule has 0 saturated carbocycles. The van der Waals surface area contributed by atoms with E-state index in [1.807, 2.05) is 6.92 Å². The molecule has 2 N–H and O–H groups in total. The highest BCUT2D eigenvalue weighted by Crippen LogP contribution is 2.17. The van der Waals surface area contributed by atoms with Crippen molar-refractivity contribution in [1.82, 2.24) is 5.32 Å². The van der Waals surface area contributed by atoms with E-state index in [0.717, 1.165) is 12.0 Å². The molecule has 0 atom stereocenters. The van der Waals surface area contributed by atoms with Gasteiger partial charge in [-0.2, -0.15) is 0 Å². The molecule has 0 spiro atoms. The van der Waals surface area contributed by atoms with E-state index >= 15 is 0 Å². The lowest BCUT2D eigenvalue weighted by Gasteiger charge is -2.08. The number of benzene rings is 1. The van der Waals surface area contributed by atoms with Crippen LogP contribution in [-0.4, -0.2) is 44.5 Å². The monoisotopic (exact) mass is 267 g/mol. The van der Waals surface area contributed by atoms with Gasteiger partial charge in [0.15, 0.2) is 0 Å². The van der Waals surface area contributed by atoms with E-state index in [4.69, 9.17) is 9.47 Å². The van der Waals surface area contributed by atoms with Crippen LogP contribution in [0, 0.1) is 6.92 Å². The molecular weight excluding hydrogens is 246 g/mol. The summed E-state index contributed by atoms with van der Waals surface area (Å²) in [5.74, 6) is -0.266. The Morgan fingerprint density at radius 1 is 1.32 bits per heavy atom. The average molecular weight is 267 g/mol. The van der Waals surface area contributed by atoms with Gasteiger partial charge in [0.2, 0.25) is 0 Å². The fourth-order valence-corrected chi connectivity index (χ4v) is 1.55. The lowest BCUT2D eigenvalue weighted by Crippen LogP contribution is -2.25. The third-order valence-electron chi connectivity index (χ3n) is 2.58. The van der Waals surface area contributed by atoms with Crippen LogP contribution >= 0.6 is 0 Å². The third kappa shape index (κ3) is 5.72. The van der Waals surface area contributed by atoms with Crippen LogP contribution in [0.25, 0.3) is 0 Å². The van der Waals surface area contributed by atoms with Crippen LogP contribution in [0.15, 0.2) is 18.2 Å². The summed E-state index contributed by atoms with van der Waals surface area (Å²) in [6.07, 6.45) is 0.724. The number of carbonyl (C=O) groups excluding carboxylic acids is 1. The summed E-state index contributed by atoms with van der Waals surface area (Å²) < 4.78 is 10.1. The molecule has 1 amide bonds. The van der Waals surface area contributed by atoms with E-state index in [-0.39, 0.29) is 11.7 Å². The maximum absolute atomic E-state index is 11.8. The summed E-state index contributed by atoms with van der Waals surface area (Å²) in [5.41, 5.74) is 1.24. The van der Waals surface area contributed by atoms with Gasteiger partial charge in [0, 0.05) is 20.3 Å². The first kappa shape index (κ1) is 15.5. The summed E-state index contributed by atoms with van der Waals surface area (Å²) >= 11 is 0. The first-order chi connectivity index (χ1) is 9.15. The molecule has 5 nitrogen and oxygen atoms in total. The Kier molecular flexibility index (Phi) is 6.92. The van der Waals surface area contributed by atoms with Gasteiger partial charge in [0.1, 0.15) is 5.75 Å². The lowest BCUT2D eigenvalue weighted by atomic mass is 10.1. The molecule has 0 heterocycles. The molecule has 0 radical (unpaired) electrons. The molecule has 0 saturated heterocycles. The molecule has 0 aliphatic rings. The summed E-state index contributed by atoms with van der Waals surface area (Å²) in [6.45, 7) is 4.09. The molecule has 0 aromatic heterocycles. The quantitative estimate of drug-likeness (QED) is 0.700. The molecule has 0 fully saturated rings. The molecule has 106 valence electrons. The van der Waals surface area contributed by atoms with E-state index in [9.17, 15) is 9.90 Å². The van der Waals surface area contributed by atoms with Crippen molar-refractivity contribution in [3.8, 4) is 5.75 Å². The zero-order valence-corrected chi connectivity index (χ0v) is 11.4. The van der Waals surface area contributed by atoms with E-state index in [1.165, 1.54) is 6.07 Å². The first-order valence-corrected chi connectivity index (χ1v) is 6.29. The molecule has 0 unspecified atom stereocenters. The van der Waals surface area contributed by atoms with Gasteiger partial charge in [-0.25, -0.2) is 0 Å². The minimum atomic E-state index is -0.266. The highest BCUT2D eigenvalue weighted by atomic mass is 16.5. The van der Waals surface area contributed by atoms with Crippen molar-refractivity contribution in [3.05, 3.63) is 29.3 Å². The zero-order chi connectivity index (χ0) is 14.1. The highest BCUT2D eigenvalue weighted by molar-refractivity contribution is 5.96. The second-order valence-electron chi connectivity index (χ2n) is 4.24. The number of rotatable bonds is 8. The van der Waals surface area contributed by atoms with Crippen molar-refractivity contribution in [3.63, 3.8) is 0 Å². The number of phenolic OH excluding ortho intramolecular Hbond substituents is 1. The minimum Gasteiger partial charge on any atom is -0.507 e. The number of ether oxygens (including phenoxy) is 2. The Balaban J connectivity index is 2.26. The number of methoxy groups -OCH3 is 1. The third-order valence-corrected chi connectivity index (χ3v) is 2.58. The molecule has 0 aliphatic carbocycles. The molecule has 1 aromatic rings. The molecule has 0 aliphatic heterocycles. The van der Waals surface area contributed by atoms with Crippen LogP contribution in [0.5, 0.6) is 5.75 Å². The Hall–Kier alpha value is -1.59. The van der Waals surface area contributed by atoms with Crippen molar-refractivity contribution in [2.75, 3.05) is 33.5 Å². The summed E-state index contributed by atoms with van der Waals surface area (Å²) in [5, 5.41) is 12.4. The average Bonchev–Trinajstić information content (AvgIpc) is 2.40. The van der Waals surface area contributed by atoms with Crippen molar-refractivity contribution >= 4 is 5.91 Å². The number of amides is 1. The van der Waals surface area contributed by atoms with Crippen LogP contribution in [0.2, 0.25) is 0 Å². The molecule has 1 rings (SSSR count). The van der Waals surface area contributed by atoms with Gasteiger partial charge in [0.25, 0.3) is 5.91 Å². The summed E-state index contributed by atoms with van der Waals surface area (Å²) in [6, 6.07) is 4.95. The normalized spacial score (nSPS) is 10.4. The van der Waals surface area contributed by atoms with Gasteiger partial charge in [-0.1, -0.05) is 11.6 Å². The molecule has 5 heteroatoms. The topological polar surface area (TPSA) is 67.8 Å². The van der Waals surface area contributed by atoms with Crippen molar-refractivity contribution in [2.24, 2.45) is 0 Å². The van der Waals surface area contributed by atoms with E-state index in [0.29, 0.717) is 31.9 Å². The Morgan fingerprint density at radius 3 is 2.84 bits per heavy atom. The lowest BCUT2D eigenvalue weighted by molar-refractivity contribution is 0.0688. The van der Waals surface area contributed by atoms with Crippen LogP contribution in [0.1, 0.15) is 22.3 Å². The number of carbonyl (C=O) groups is 1. The van der Waals surface area contributed by atoms with Gasteiger partial charge < -0.3 is 19.9 Å². The Morgan fingerprint density at radius 2 is 2.11 bits per heavy atom. The molecule has 19 heavy (non-hydrogen) atoms. The Bertz CT molecular complexity index is 406. The smallest absolute Gasteiger partial charge is 0.255 e. The fourth-order valence-electron chi connectivity index (χ4n) is 1.55. The maximum Gasteiger partial charge on any atom is 0.255 e. The second kappa shape index (κ2) is 8.50. The maximum atomic E-state index is 11.8. The highest BCUT2D eigenvalue weighted by Gasteiger charge is 2.10. The first-order valence-electron chi connectivity index (χ1n) is 6.29. The van der Waals surface area contributed by atoms with Gasteiger partial charge in [-0.15, -0.1) is 0 Å². The number of hydrogen-bond donors (Lipinski definition) is 2. The molecule has 1 aromatic carbocycles. The second-order valence-corrected chi connectivity index (χ2v) is 4.24. The van der Waals surface area contributed by atoms with Crippen LogP contribution < -0.4 is 5.32 Å². The van der Waals surface area contributed by atoms with Gasteiger partial charge in [-0.05, 0) is 25.5 Å². The van der Waals surface area contributed by atoms with Crippen molar-refractivity contribution in [1.29, 1.82) is 0 Å². The van der Waals surface area contributed by atoms with Crippen LogP contribution in [-0.2, 0) is 9.47 Å². The molecular formula is C14H21NO4. The largest absolute Gasteiger partial charge is 0.507 e. The summed E-state index contributed by atoms with van der Waals surface area (Å²) in [4.78, 5) is 11.8. The number of hydrogen-bond acceptors (Lipinski definition) is 4. The van der Waals surface area contributed by atoms with Gasteiger partial charge in [-0.3, -0.25) is 4.79 Å². The van der Waals surface area contributed by atoms with Gasteiger partial charge in [0.05, 0.1) is 18.8 Å². The van der Waals surface area contributed by atoms with E-state index in [2.05, 4.69) is 5.32 Å². The predicted octanol–water partition coefficient (Wildman–Crippen LogP) is 1.48. The number of aromatic hydroxyl groups is 1. The minimum absolute atomic E-state index is 0.000514. The van der Waals surface area contributed by atoms with Crippen LogP contribution in [0.4, 0.5) is 0 Å². The fraction of sp³-hybridized carbons (Fsp3) is 0.500. The number of phenols is 1. The van der Waals surface area contributed by atoms with Crippen molar-refractivity contribution < 1.29 is 19.4 Å². The predicted molar refractivity (Wildman–Crippen MR) is 72.5 cm³/mol. The number of aryl methyl sites for hydroxylation is 1. The zero-order valence-electron chi connectivity index (χ0n) is 11.4. The summed E-state index contributed by atoms with van der Waals surface area (Å²) in [7, 11) is 1.62. The van der Waals surface area contributed by atoms with E-state index < -0.39 is 0 Å². The SMILES string of the molecule is COCCOCCCNC(=O)c1cc(C)ccc1O. The Labute approximate surface area is 113 Å². The van der Waals surface area contributed by atoms with E-state index in [1.54, 1.807) is 19.2 Å². The van der Waals surface area contributed by atoms with Gasteiger partial charge >= 0.3 is 0 Å². The number of nitrogens with one attached hydrogen (secondary N) is 1.